The molecule has 1 heterocycles. The van der Waals surface area contributed by atoms with Crippen LogP contribution in [0.2, 0.25) is 0 Å². The lowest BCUT2D eigenvalue weighted by atomic mass is 9.93. The molecule has 1 aromatic heterocycles. The smallest absolute Gasteiger partial charge is 0.134 e. The average molecular weight is 290 g/mol. The molecule has 22 heavy (non-hydrogen) atoms. The second-order valence-corrected chi connectivity index (χ2v) is 5.99. The minimum absolute atomic E-state index is 0.950. The first-order valence-electron chi connectivity index (χ1n) is 7.83. The van der Waals surface area contributed by atoms with Crippen molar-refractivity contribution >= 4 is 0 Å². The summed E-state index contributed by atoms with van der Waals surface area (Å²) in [7, 11) is 0. The summed E-state index contributed by atoms with van der Waals surface area (Å²) < 4.78 is 5.54. The van der Waals surface area contributed by atoms with E-state index in [1.54, 1.807) is 6.26 Å². The maximum atomic E-state index is 5.54. The zero-order valence-corrected chi connectivity index (χ0v) is 13.5. The second kappa shape index (κ2) is 6.23. The van der Waals surface area contributed by atoms with Crippen LogP contribution < -0.4 is 0 Å². The fourth-order valence-electron chi connectivity index (χ4n) is 2.88. The van der Waals surface area contributed by atoms with E-state index in [0.29, 0.717) is 0 Å². The molecule has 0 unspecified atom stereocenters. The number of hydrogen-bond donors (Lipinski definition) is 0. The summed E-state index contributed by atoms with van der Waals surface area (Å²) in [5, 5.41) is 0. The van der Waals surface area contributed by atoms with Gasteiger partial charge in [-0.15, -0.1) is 0 Å². The van der Waals surface area contributed by atoms with Crippen LogP contribution in [0, 0.1) is 20.8 Å². The van der Waals surface area contributed by atoms with E-state index in [2.05, 4.69) is 57.2 Å². The van der Waals surface area contributed by atoms with Crippen molar-refractivity contribution in [3.63, 3.8) is 0 Å². The number of aryl methyl sites for hydroxylation is 3. The summed E-state index contributed by atoms with van der Waals surface area (Å²) in [6.45, 7) is 6.53. The molecule has 0 radical (unpaired) electrons. The molecule has 1 nitrogen and oxygen atoms in total. The van der Waals surface area contributed by atoms with E-state index in [1.807, 2.05) is 12.1 Å². The van der Waals surface area contributed by atoms with E-state index in [1.165, 1.54) is 33.4 Å². The zero-order chi connectivity index (χ0) is 15.5. The molecule has 0 aliphatic carbocycles. The maximum absolute atomic E-state index is 5.54. The summed E-state index contributed by atoms with van der Waals surface area (Å²) in [5.74, 6) is 0.950. The first-order chi connectivity index (χ1) is 10.6. The highest BCUT2D eigenvalue weighted by atomic mass is 16.3. The van der Waals surface area contributed by atoms with Crippen molar-refractivity contribution in [1.29, 1.82) is 0 Å². The van der Waals surface area contributed by atoms with Gasteiger partial charge >= 0.3 is 0 Å². The van der Waals surface area contributed by atoms with Gasteiger partial charge in [0.1, 0.15) is 5.76 Å². The normalized spacial score (nSPS) is 10.9. The third-order valence-corrected chi connectivity index (χ3v) is 4.49. The summed E-state index contributed by atoms with van der Waals surface area (Å²) in [4.78, 5) is 0. The summed E-state index contributed by atoms with van der Waals surface area (Å²) >= 11 is 0. The minimum Gasteiger partial charge on any atom is -0.464 e. The Morgan fingerprint density at radius 1 is 0.773 bits per heavy atom. The molecule has 3 rings (SSSR count). The molecule has 112 valence electrons. The Bertz CT molecular complexity index is 749. The van der Waals surface area contributed by atoms with Gasteiger partial charge in [-0.3, -0.25) is 0 Å². The van der Waals surface area contributed by atoms with Crippen molar-refractivity contribution in [2.45, 2.75) is 33.6 Å². The number of rotatable bonds is 4. The molecule has 2 aromatic carbocycles. The predicted octanol–water partition coefficient (Wildman–Crippen LogP) is 5.66. The lowest BCUT2D eigenvalue weighted by Gasteiger charge is -2.12. The van der Waals surface area contributed by atoms with Gasteiger partial charge in [0, 0.05) is 5.56 Å². The molecular formula is C21H22O. The van der Waals surface area contributed by atoms with Crippen LogP contribution in [0.15, 0.2) is 59.2 Å². The van der Waals surface area contributed by atoms with Crippen LogP contribution in [0.1, 0.15) is 27.8 Å². The second-order valence-electron chi connectivity index (χ2n) is 5.99. The van der Waals surface area contributed by atoms with Crippen molar-refractivity contribution < 1.29 is 4.42 Å². The van der Waals surface area contributed by atoms with E-state index in [0.717, 1.165) is 18.6 Å². The van der Waals surface area contributed by atoms with Gasteiger partial charge in [0.2, 0.25) is 0 Å². The summed E-state index contributed by atoms with van der Waals surface area (Å²) in [6.07, 6.45) is 3.89. The molecular weight excluding hydrogens is 268 g/mol. The lowest BCUT2D eigenvalue weighted by Crippen LogP contribution is -1.97. The Labute approximate surface area is 132 Å². The Hall–Kier alpha value is -2.28. The molecule has 0 aliphatic rings. The van der Waals surface area contributed by atoms with E-state index in [4.69, 9.17) is 4.42 Å². The Kier molecular flexibility index (Phi) is 4.15. The molecule has 0 saturated carbocycles. The molecule has 0 amide bonds. The van der Waals surface area contributed by atoms with Crippen LogP contribution in [0.3, 0.4) is 0 Å². The number of hydrogen-bond acceptors (Lipinski definition) is 1. The molecule has 0 aliphatic heterocycles. The van der Waals surface area contributed by atoms with Crippen LogP contribution in [0.4, 0.5) is 0 Å². The van der Waals surface area contributed by atoms with Gasteiger partial charge in [-0.2, -0.15) is 0 Å². The maximum Gasteiger partial charge on any atom is 0.134 e. The van der Waals surface area contributed by atoms with Gasteiger partial charge in [-0.05, 0) is 68.0 Å². The van der Waals surface area contributed by atoms with E-state index >= 15 is 0 Å². The van der Waals surface area contributed by atoms with Crippen LogP contribution in [0.25, 0.3) is 11.3 Å². The molecule has 1 heteroatoms. The number of furan rings is 1. The monoisotopic (exact) mass is 290 g/mol. The fraction of sp³-hybridized carbons (Fsp3) is 0.238. The van der Waals surface area contributed by atoms with Crippen molar-refractivity contribution in [2.75, 3.05) is 0 Å². The molecule has 3 aromatic rings. The number of benzene rings is 2. The van der Waals surface area contributed by atoms with Crippen LogP contribution in [0.5, 0.6) is 0 Å². The van der Waals surface area contributed by atoms with Crippen molar-refractivity contribution in [2.24, 2.45) is 0 Å². The van der Waals surface area contributed by atoms with E-state index in [-0.39, 0.29) is 0 Å². The lowest BCUT2D eigenvalue weighted by molar-refractivity contribution is 0.582. The summed E-state index contributed by atoms with van der Waals surface area (Å²) in [6, 6.07) is 17.2. The van der Waals surface area contributed by atoms with Gasteiger partial charge in [0.15, 0.2) is 0 Å². The standard InChI is InChI=1S/C21H22O/c1-15-6-8-18(9-7-15)10-11-19-12-13-20(17(3)16(19)2)21-5-4-14-22-21/h4-9,12-14H,10-11H2,1-3H3. The molecule has 0 bridgehead atoms. The first kappa shape index (κ1) is 14.6. The van der Waals surface area contributed by atoms with E-state index < -0.39 is 0 Å². The fourth-order valence-corrected chi connectivity index (χ4v) is 2.88. The first-order valence-corrected chi connectivity index (χ1v) is 7.83. The SMILES string of the molecule is Cc1ccc(CCc2ccc(-c3ccco3)c(C)c2C)cc1. The molecule has 0 N–H and O–H groups in total. The van der Waals surface area contributed by atoms with Gasteiger partial charge < -0.3 is 4.42 Å². The minimum atomic E-state index is 0.950. The third-order valence-electron chi connectivity index (χ3n) is 4.49. The van der Waals surface area contributed by atoms with Crippen molar-refractivity contribution in [3.05, 3.63) is 82.6 Å². The van der Waals surface area contributed by atoms with Gasteiger partial charge in [-0.1, -0.05) is 42.0 Å². The molecule has 0 spiro atoms. The zero-order valence-electron chi connectivity index (χ0n) is 13.5. The van der Waals surface area contributed by atoms with Gasteiger partial charge in [0.05, 0.1) is 6.26 Å². The van der Waals surface area contributed by atoms with Crippen molar-refractivity contribution in [3.8, 4) is 11.3 Å². The molecule has 0 atom stereocenters. The van der Waals surface area contributed by atoms with Gasteiger partial charge in [0.25, 0.3) is 0 Å². The average Bonchev–Trinajstić information content (AvgIpc) is 3.04. The highest BCUT2D eigenvalue weighted by molar-refractivity contribution is 5.64. The van der Waals surface area contributed by atoms with E-state index in [9.17, 15) is 0 Å². The van der Waals surface area contributed by atoms with Crippen molar-refractivity contribution in [1.82, 2.24) is 0 Å². The Morgan fingerprint density at radius 3 is 2.23 bits per heavy atom. The Morgan fingerprint density at radius 2 is 1.55 bits per heavy atom. The van der Waals surface area contributed by atoms with Gasteiger partial charge in [-0.25, -0.2) is 0 Å². The highest BCUT2D eigenvalue weighted by Crippen LogP contribution is 2.28. The highest BCUT2D eigenvalue weighted by Gasteiger charge is 2.10. The van der Waals surface area contributed by atoms with Crippen LogP contribution >= 0.6 is 0 Å². The largest absolute Gasteiger partial charge is 0.464 e. The Balaban J connectivity index is 1.80. The van der Waals surface area contributed by atoms with Crippen LogP contribution in [-0.4, -0.2) is 0 Å². The topological polar surface area (TPSA) is 13.1 Å². The predicted molar refractivity (Wildman–Crippen MR) is 92.2 cm³/mol. The quantitative estimate of drug-likeness (QED) is 0.604. The summed E-state index contributed by atoms with van der Waals surface area (Å²) in [5.41, 5.74) is 8.03. The van der Waals surface area contributed by atoms with Crippen LogP contribution in [-0.2, 0) is 12.8 Å². The molecule has 0 saturated heterocycles. The molecule has 0 fully saturated rings. The third kappa shape index (κ3) is 2.99.